The van der Waals surface area contributed by atoms with Gasteiger partial charge in [0.1, 0.15) is 5.78 Å². The molecule has 0 bridgehead atoms. The van der Waals surface area contributed by atoms with Crippen molar-refractivity contribution in [2.75, 3.05) is 7.11 Å². The van der Waals surface area contributed by atoms with Crippen LogP contribution in [0.1, 0.15) is 90.2 Å². The molecule has 0 saturated heterocycles. The Kier molecular flexibility index (Phi) is 11.2. The molecule has 4 atom stereocenters. The molecule has 3 aliphatic rings. The molecule has 2 nitrogen and oxygen atoms in total. The quantitative estimate of drug-likeness (QED) is 0.421. The van der Waals surface area contributed by atoms with Crippen LogP contribution in [0.3, 0.4) is 0 Å². The SMILES string of the molecule is C=CC.C=CC.CCC.COc1cc2c(cc1F)CCC1C2CC[C@]2(C)C(=O)CCC12. The average molecular weight is 431 g/mol. The van der Waals surface area contributed by atoms with Gasteiger partial charge >= 0.3 is 0 Å². The second-order valence-electron chi connectivity index (χ2n) is 9.04. The Morgan fingerprint density at radius 3 is 2.26 bits per heavy atom. The van der Waals surface area contributed by atoms with E-state index in [9.17, 15) is 9.18 Å². The first-order chi connectivity index (χ1) is 14.8. The molecule has 0 amide bonds. The highest BCUT2D eigenvalue weighted by atomic mass is 19.1. The number of methoxy groups -OCH3 is 1. The highest BCUT2D eigenvalue weighted by molar-refractivity contribution is 5.87. The van der Waals surface area contributed by atoms with Crippen LogP contribution in [0.15, 0.2) is 37.4 Å². The molecule has 1 aromatic rings. The summed E-state index contributed by atoms with van der Waals surface area (Å²) in [6, 6.07) is 3.58. The fourth-order valence-electron chi connectivity index (χ4n) is 5.50. The molecule has 0 spiro atoms. The summed E-state index contributed by atoms with van der Waals surface area (Å²) in [7, 11) is 1.53. The van der Waals surface area contributed by atoms with Crippen LogP contribution in [0.5, 0.6) is 5.75 Å². The number of carbonyl (C=O) groups excluding carboxylic acids is 1. The van der Waals surface area contributed by atoms with Crippen molar-refractivity contribution in [2.45, 2.75) is 85.5 Å². The van der Waals surface area contributed by atoms with E-state index in [1.807, 2.05) is 19.9 Å². The van der Waals surface area contributed by atoms with Crippen LogP contribution in [0.25, 0.3) is 0 Å². The zero-order chi connectivity index (χ0) is 23.6. The van der Waals surface area contributed by atoms with E-state index >= 15 is 0 Å². The third kappa shape index (κ3) is 6.08. The number of ketones is 1. The lowest BCUT2D eigenvalue weighted by atomic mass is 9.55. The second-order valence-corrected chi connectivity index (χ2v) is 9.04. The van der Waals surface area contributed by atoms with Crippen molar-refractivity contribution in [3.63, 3.8) is 0 Å². The van der Waals surface area contributed by atoms with Crippen molar-refractivity contribution < 1.29 is 13.9 Å². The van der Waals surface area contributed by atoms with Crippen molar-refractivity contribution in [3.8, 4) is 5.75 Å². The van der Waals surface area contributed by atoms with Gasteiger partial charge in [-0.2, -0.15) is 0 Å². The van der Waals surface area contributed by atoms with Gasteiger partial charge in [0.15, 0.2) is 11.6 Å². The van der Waals surface area contributed by atoms with E-state index in [4.69, 9.17) is 4.74 Å². The minimum absolute atomic E-state index is 0.0945. The lowest BCUT2D eigenvalue weighted by Gasteiger charge is -2.48. The van der Waals surface area contributed by atoms with Crippen molar-refractivity contribution >= 4 is 5.78 Å². The van der Waals surface area contributed by atoms with E-state index in [1.54, 1.807) is 18.2 Å². The first-order valence-corrected chi connectivity index (χ1v) is 11.8. The van der Waals surface area contributed by atoms with Crippen LogP contribution in [0.4, 0.5) is 4.39 Å². The summed E-state index contributed by atoms with van der Waals surface area (Å²) in [6.45, 7) is 16.9. The van der Waals surface area contributed by atoms with Gasteiger partial charge in [-0.1, -0.05) is 39.3 Å². The van der Waals surface area contributed by atoms with E-state index in [-0.39, 0.29) is 11.2 Å². The molecule has 2 fully saturated rings. The van der Waals surface area contributed by atoms with Gasteiger partial charge in [-0.05, 0) is 87.0 Å². The van der Waals surface area contributed by atoms with Gasteiger partial charge in [0.05, 0.1) is 7.11 Å². The lowest BCUT2D eigenvalue weighted by Crippen LogP contribution is -2.42. The molecule has 4 rings (SSSR count). The topological polar surface area (TPSA) is 26.3 Å². The third-order valence-electron chi connectivity index (χ3n) is 6.71. The summed E-state index contributed by atoms with van der Waals surface area (Å²) in [4.78, 5) is 12.3. The monoisotopic (exact) mass is 430 g/mol. The first kappa shape index (κ1) is 27.1. The van der Waals surface area contributed by atoms with Gasteiger partial charge in [-0.25, -0.2) is 4.39 Å². The maximum atomic E-state index is 14.0. The molecular weight excluding hydrogens is 387 g/mol. The van der Waals surface area contributed by atoms with Crippen LogP contribution in [-0.4, -0.2) is 12.9 Å². The molecule has 3 heteroatoms. The van der Waals surface area contributed by atoms with Gasteiger partial charge in [-0.15, -0.1) is 13.2 Å². The Bertz CT molecular complexity index is 733. The number of benzene rings is 1. The summed E-state index contributed by atoms with van der Waals surface area (Å²) in [5, 5.41) is 0. The minimum Gasteiger partial charge on any atom is -0.494 e. The number of hydrogen-bond acceptors (Lipinski definition) is 2. The second kappa shape index (κ2) is 12.8. The van der Waals surface area contributed by atoms with Crippen LogP contribution >= 0.6 is 0 Å². The Hall–Kier alpha value is -1.90. The van der Waals surface area contributed by atoms with Crippen molar-refractivity contribution in [2.24, 2.45) is 17.3 Å². The zero-order valence-electron chi connectivity index (χ0n) is 20.6. The fourth-order valence-corrected chi connectivity index (χ4v) is 5.50. The van der Waals surface area contributed by atoms with Gasteiger partial charge in [0, 0.05) is 11.8 Å². The minimum atomic E-state index is -0.253. The number of hydrogen-bond donors (Lipinski definition) is 0. The smallest absolute Gasteiger partial charge is 0.165 e. The molecule has 3 unspecified atom stereocenters. The number of rotatable bonds is 1. The fraction of sp³-hybridized carbons (Fsp3) is 0.607. The molecular formula is C28H43FO2. The van der Waals surface area contributed by atoms with Crippen molar-refractivity contribution in [1.29, 1.82) is 0 Å². The number of Topliss-reactive ketones (excluding diaryl/α,β-unsaturated/α-hetero) is 1. The Morgan fingerprint density at radius 2 is 1.71 bits per heavy atom. The van der Waals surface area contributed by atoms with Gasteiger partial charge in [-0.3, -0.25) is 4.79 Å². The van der Waals surface area contributed by atoms with Crippen LogP contribution < -0.4 is 4.74 Å². The molecule has 0 aromatic heterocycles. The van der Waals surface area contributed by atoms with Crippen LogP contribution in [0.2, 0.25) is 0 Å². The number of aryl methyl sites for hydroxylation is 1. The lowest BCUT2D eigenvalue weighted by molar-refractivity contribution is -0.129. The zero-order valence-corrected chi connectivity index (χ0v) is 20.6. The summed E-state index contributed by atoms with van der Waals surface area (Å²) in [5.41, 5.74) is 2.33. The summed E-state index contributed by atoms with van der Waals surface area (Å²) < 4.78 is 19.1. The molecule has 31 heavy (non-hydrogen) atoms. The number of fused-ring (bicyclic) bond motifs is 5. The molecule has 0 radical (unpaired) electrons. The average Bonchev–Trinajstić information content (AvgIpc) is 3.04. The molecule has 2 saturated carbocycles. The highest BCUT2D eigenvalue weighted by Crippen LogP contribution is 2.59. The summed E-state index contributed by atoms with van der Waals surface area (Å²) in [6.07, 6.45) is 10.6. The van der Waals surface area contributed by atoms with E-state index in [0.717, 1.165) is 44.1 Å². The van der Waals surface area contributed by atoms with E-state index < -0.39 is 0 Å². The summed E-state index contributed by atoms with van der Waals surface area (Å²) in [5.74, 6) is 2.14. The number of allylic oxidation sites excluding steroid dienone is 2. The largest absolute Gasteiger partial charge is 0.494 e. The van der Waals surface area contributed by atoms with Gasteiger partial charge in [0.25, 0.3) is 0 Å². The Labute approximate surface area is 190 Å². The van der Waals surface area contributed by atoms with E-state index in [1.165, 1.54) is 19.1 Å². The van der Waals surface area contributed by atoms with Gasteiger partial charge < -0.3 is 4.74 Å². The number of carbonyl (C=O) groups is 1. The van der Waals surface area contributed by atoms with Crippen LogP contribution in [-0.2, 0) is 11.2 Å². The molecule has 0 heterocycles. The molecule has 3 aliphatic carbocycles. The van der Waals surface area contributed by atoms with E-state index in [2.05, 4.69) is 33.9 Å². The predicted octanol–water partition coefficient (Wildman–Crippen LogP) is 8.06. The Morgan fingerprint density at radius 1 is 1.13 bits per heavy atom. The molecule has 0 aliphatic heterocycles. The summed E-state index contributed by atoms with van der Waals surface area (Å²) >= 11 is 0. The normalized spacial score (nSPS) is 27.3. The number of halogens is 1. The van der Waals surface area contributed by atoms with E-state index in [0.29, 0.717) is 29.3 Å². The highest BCUT2D eigenvalue weighted by Gasteiger charge is 2.54. The van der Waals surface area contributed by atoms with Gasteiger partial charge in [0.2, 0.25) is 0 Å². The number of ether oxygens (including phenoxy) is 1. The van der Waals surface area contributed by atoms with Crippen LogP contribution in [0, 0.1) is 23.1 Å². The standard InChI is InChI=1S/C19H23FO2.C3H8.2C3H6/c1-19-8-7-12-13(15(19)5-6-18(19)21)4-3-11-9-16(20)17(22-2)10-14(11)12;3*1-3-2/h9-10,12-13,15H,3-8H2,1-2H3;3H2,1-2H3;2*3H,1H2,2H3/t12?,13?,15?,19-;;;/m0.../s1. The van der Waals surface area contributed by atoms with Crippen molar-refractivity contribution in [1.82, 2.24) is 0 Å². The molecule has 0 N–H and O–H groups in total. The third-order valence-corrected chi connectivity index (χ3v) is 6.71. The maximum absolute atomic E-state index is 14.0. The molecule has 1 aromatic carbocycles. The maximum Gasteiger partial charge on any atom is 0.165 e. The predicted molar refractivity (Wildman–Crippen MR) is 130 cm³/mol. The Balaban J connectivity index is 0.000000464. The molecule has 174 valence electrons. The van der Waals surface area contributed by atoms with Crippen molar-refractivity contribution in [3.05, 3.63) is 54.4 Å². The first-order valence-electron chi connectivity index (χ1n) is 11.8.